The second kappa shape index (κ2) is 13.9. The minimum absolute atomic E-state index is 0.253. The van der Waals surface area contributed by atoms with Gasteiger partial charge in [0.2, 0.25) is 0 Å². The topological polar surface area (TPSA) is 45.8 Å². The van der Waals surface area contributed by atoms with Gasteiger partial charge >= 0.3 is 6.18 Å². The zero-order valence-electron chi connectivity index (χ0n) is 24.4. The molecule has 42 heavy (non-hydrogen) atoms. The first-order valence-corrected chi connectivity index (χ1v) is 17.5. The Balaban J connectivity index is 1.32. The number of hydrogen-bond donors (Lipinski definition) is 2. The molecule has 0 unspecified atom stereocenters. The Hall–Kier alpha value is -2.50. The van der Waals surface area contributed by atoms with Crippen molar-refractivity contribution in [1.82, 2.24) is 4.90 Å². The Morgan fingerprint density at radius 3 is 2.52 bits per heavy atom. The maximum absolute atomic E-state index is 13.7. The van der Waals surface area contributed by atoms with Gasteiger partial charge in [0.15, 0.2) is 0 Å². The molecule has 3 aromatic rings. The molecule has 0 amide bonds. The number of benzene rings is 2. The highest BCUT2D eigenvalue weighted by Gasteiger charge is 2.32. The molecule has 0 radical (unpaired) electrons. The van der Waals surface area contributed by atoms with Gasteiger partial charge in [0.05, 0.1) is 41.0 Å². The number of methoxy groups -OCH3 is 1. The first-order valence-electron chi connectivity index (χ1n) is 14.5. The summed E-state index contributed by atoms with van der Waals surface area (Å²) in [7, 11) is 1.38. The SMILES string of the molecule is COc1cc(P(C)C)ccc1NCC#Cc1sc2c(NC3CCN(C4CCOCC4)CC3)cccc2c1CC(F)(F)F. The summed E-state index contributed by atoms with van der Waals surface area (Å²) in [5, 5.41) is 8.79. The van der Waals surface area contributed by atoms with Gasteiger partial charge in [0.1, 0.15) is 5.75 Å². The standard InChI is InChI=1S/C32H39F3N3O2PS/c1-39-29-20-24(41(2)3)9-10-27(29)36-15-5-8-30-26(21-32(33,34)35)25-6-4-7-28(31(25)42-30)37-22-11-16-38(17-12-22)23-13-18-40-19-14-23/h4,6-7,9-10,20,22-23,36-37H,11-19,21H2,1-3H3. The molecule has 0 atom stereocenters. The number of piperidine rings is 1. The van der Waals surface area contributed by atoms with Crippen molar-refractivity contribution in [2.24, 2.45) is 0 Å². The Bertz CT molecular complexity index is 1420. The minimum atomic E-state index is -4.32. The summed E-state index contributed by atoms with van der Waals surface area (Å²) in [5.74, 6) is 6.85. The van der Waals surface area contributed by atoms with Crippen molar-refractivity contribution in [3.8, 4) is 17.6 Å². The van der Waals surface area contributed by atoms with Crippen molar-refractivity contribution in [3.05, 3.63) is 46.8 Å². The third kappa shape index (κ3) is 7.71. The molecule has 3 heterocycles. The Labute approximate surface area is 251 Å². The number of alkyl halides is 3. The van der Waals surface area contributed by atoms with Crippen LogP contribution in [0.15, 0.2) is 36.4 Å². The molecule has 0 spiro atoms. The summed E-state index contributed by atoms with van der Waals surface area (Å²) in [6, 6.07) is 12.6. The third-order valence-corrected chi connectivity index (χ3v) is 10.6. The maximum Gasteiger partial charge on any atom is 0.393 e. The highest BCUT2D eigenvalue weighted by Crippen LogP contribution is 2.39. The fourth-order valence-electron chi connectivity index (χ4n) is 5.81. The fraction of sp³-hybridized carbons (Fsp3) is 0.500. The van der Waals surface area contributed by atoms with Gasteiger partial charge < -0.3 is 25.0 Å². The van der Waals surface area contributed by atoms with Crippen LogP contribution in [0.2, 0.25) is 0 Å². The van der Waals surface area contributed by atoms with Crippen LogP contribution >= 0.6 is 19.3 Å². The Kier molecular flexibility index (Phi) is 10.2. The number of ether oxygens (including phenoxy) is 2. The molecule has 2 saturated heterocycles. The number of thiophene rings is 1. The van der Waals surface area contributed by atoms with Crippen molar-refractivity contribution in [2.75, 3.05) is 63.9 Å². The van der Waals surface area contributed by atoms with E-state index in [0.29, 0.717) is 22.8 Å². The van der Waals surface area contributed by atoms with E-state index in [0.717, 1.165) is 73.8 Å². The second-order valence-corrected chi connectivity index (χ2v) is 14.4. The van der Waals surface area contributed by atoms with Gasteiger partial charge in [-0.25, -0.2) is 0 Å². The number of likely N-dealkylation sites (tertiary alicyclic amines) is 1. The van der Waals surface area contributed by atoms with E-state index in [1.54, 1.807) is 13.2 Å². The number of halogens is 3. The summed E-state index contributed by atoms with van der Waals surface area (Å²) in [5.41, 5.74) is 1.97. The molecule has 2 aromatic carbocycles. The van der Waals surface area contributed by atoms with Gasteiger partial charge in [-0.1, -0.05) is 38.0 Å². The molecule has 10 heteroatoms. The van der Waals surface area contributed by atoms with Crippen LogP contribution < -0.4 is 20.7 Å². The molecule has 5 nitrogen and oxygen atoms in total. The summed E-state index contributed by atoms with van der Waals surface area (Å²) < 4.78 is 52.9. The number of nitrogens with zero attached hydrogens (tertiary/aromatic N) is 1. The average Bonchev–Trinajstić information content (AvgIpc) is 3.32. The highest BCUT2D eigenvalue weighted by atomic mass is 32.1. The van der Waals surface area contributed by atoms with Crippen LogP contribution in [0.1, 0.15) is 36.1 Å². The zero-order chi connectivity index (χ0) is 29.7. The summed E-state index contributed by atoms with van der Waals surface area (Å²) >= 11 is 1.35. The average molecular weight is 618 g/mol. The molecule has 2 aliphatic heterocycles. The van der Waals surface area contributed by atoms with Gasteiger partial charge in [0.25, 0.3) is 0 Å². The summed E-state index contributed by atoms with van der Waals surface area (Å²) in [4.78, 5) is 3.04. The highest BCUT2D eigenvalue weighted by molar-refractivity contribution is 7.64. The van der Waals surface area contributed by atoms with E-state index in [-0.39, 0.29) is 19.5 Å². The number of anilines is 2. The fourth-order valence-corrected chi connectivity index (χ4v) is 7.73. The minimum Gasteiger partial charge on any atom is -0.495 e. The zero-order valence-corrected chi connectivity index (χ0v) is 26.2. The van der Waals surface area contributed by atoms with Gasteiger partial charge in [0, 0.05) is 38.4 Å². The molecular formula is C32H39F3N3O2PS. The van der Waals surface area contributed by atoms with Crippen LogP contribution in [0, 0.1) is 11.8 Å². The van der Waals surface area contributed by atoms with Crippen molar-refractivity contribution >= 4 is 46.0 Å². The molecule has 0 aliphatic carbocycles. The van der Waals surface area contributed by atoms with Crippen molar-refractivity contribution in [1.29, 1.82) is 0 Å². The lowest BCUT2D eigenvalue weighted by Gasteiger charge is -2.39. The van der Waals surface area contributed by atoms with Gasteiger partial charge in [-0.2, -0.15) is 13.2 Å². The van der Waals surface area contributed by atoms with Crippen LogP contribution in [0.4, 0.5) is 24.5 Å². The number of nitrogens with one attached hydrogen (secondary N) is 2. The van der Waals surface area contributed by atoms with Crippen LogP contribution in [0.3, 0.4) is 0 Å². The normalized spacial score (nSPS) is 17.3. The molecular weight excluding hydrogens is 578 g/mol. The van der Waals surface area contributed by atoms with E-state index < -0.39 is 12.6 Å². The van der Waals surface area contributed by atoms with E-state index in [1.165, 1.54) is 16.6 Å². The monoisotopic (exact) mass is 617 g/mol. The molecule has 226 valence electrons. The third-order valence-electron chi connectivity index (χ3n) is 8.06. The van der Waals surface area contributed by atoms with Crippen LogP contribution in [0.25, 0.3) is 10.1 Å². The van der Waals surface area contributed by atoms with Crippen molar-refractivity contribution in [2.45, 2.75) is 50.4 Å². The second-order valence-electron chi connectivity index (χ2n) is 11.1. The largest absolute Gasteiger partial charge is 0.495 e. The molecule has 0 saturated carbocycles. The smallest absolute Gasteiger partial charge is 0.393 e. The van der Waals surface area contributed by atoms with Gasteiger partial charge in [-0.05, 0) is 73.5 Å². The predicted molar refractivity (Wildman–Crippen MR) is 170 cm³/mol. The van der Waals surface area contributed by atoms with Crippen LogP contribution in [0.5, 0.6) is 5.75 Å². The van der Waals surface area contributed by atoms with Gasteiger partial charge in [-0.15, -0.1) is 11.3 Å². The molecule has 0 bridgehead atoms. The van der Waals surface area contributed by atoms with E-state index in [9.17, 15) is 13.2 Å². The lowest BCUT2D eigenvalue weighted by Crippen LogP contribution is -2.46. The summed E-state index contributed by atoms with van der Waals surface area (Å²) in [6.45, 7) is 8.39. The first-order chi connectivity index (χ1) is 20.2. The predicted octanol–water partition coefficient (Wildman–Crippen LogP) is 6.90. The number of hydrogen-bond acceptors (Lipinski definition) is 6. The van der Waals surface area contributed by atoms with E-state index in [1.807, 2.05) is 24.3 Å². The molecule has 5 rings (SSSR count). The van der Waals surface area contributed by atoms with Gasteiger partial charge in [-0.3, -0.25) is 0 Å². The lowest BCUT2D eigenvalue weighted by atomic mass is 9.99. The van der Waals surface area contributed by atoms with Crippen LogP contribution in [-0.2, 0) is 11.2 Å². The first kappa shape index (κ1) is 30.9. The van der Waals surface area contributed by atoms with Crippen molar-refractivity contribution in [3.63, 3.8) is 0 Å². The lowest BCUT2D eigenvalue weighted by molar-refractivity contribution is -0.126. The quantitative estimate of drug-likeness (QED) is 0.213. The maximum atomic E-state index is 13.7. The summed E-state index contributed by atoms with van der Waals surface area (Å²) in [6.07, 6.45) is -1.12. The van der Waals surface area contributed by atoms with E-state index in [2.05, 4.69) is 46.8 Å². The van der Waals surface area contributed by atoms with E-state index in [4.69, 9.17) is 9.47 Å². The van der Waals surface area contributed by atoms with E-state index >= 15 is 0 Å². The molecule has 2 fully saturated rings. The number of fused-ring (bicyclic) bond motifs is 1. The molecule has 2 aliphatic rings. The Morgan fingerprint density at radius 1 is 1.07 bits per heavy atom. The Morgan fingerprint density at radius 2 is 1.83 bits per heavy atom. The molecule has 1 aromatic heterocycles. The molecule has 2 N–H and O–H groups in total. The van der Waals surface area contributed by atoms with Crippen LogP contribution in [-0.4, -0.2) is 76.4 Å². The van der Waals surface area contributed by atoms with Crippen molar-refractivity contribution < 1.29 is 22.6 Å². The number of rotatable bonds is 8.